The molecule has 0 aromatic heterocycles. The molecule has 1 N–H and O–H groups in total. The van der Waals surface area contributed by atoms with Crippen LogP contribution in [0.5, 0.6) is 11.5 Å². The average Bonchev–Trinajstić information content (AvgIpc) is 2.73. The van der Waals surface area contributed by atoms with Crippen molar-refractivity contribution in [1.29, 1.82) is 0 Å². The van der Waals surface area contributed by atoms with Crippen LogP contribution < -0.4 is 4.74 Å². The van der Waals surface area contributed by atoms with E-state index >= 15 is 0 Å². The van der Waals surface area contributed by atoms with Gasteiger partial charge in [0.15, 0.2) is 12.1 Å². The number of phenols is 1. The van der Waals surface area contributed by atoms with Crippen molar-refractivity contribution in [3.8, 4) is 11.5 Å². The molecule has 0 amide bonds. The van der Waals surface area contributed by atoms with E-state index in [1.165, 1.54) is 13.2 Å². The first-order valence-electron chi connectivity index (χ1n) is 10.9. The second-order valence-corrected chi connectivity index (χ2v) is 8.21. The lowest BCUT2D eigenvalue weighted by Crippen LogP contribution is -2.40. The lowest BCUT2D eigenvalue weighted by atomic mass is 10.0. The van der Waals surface area contributed by atoms with Gasteiger partial charge in [0.1, 0.15) is 18.0 Å². The van der Waals surface area contributed by atoms with Gasteiger partial charge in [-0.3, -0.25) is 4.79 Å². The van der Waals surface area contributed by atoms with Crippen molar-refractivity contribution in [2.45, 2.75) is 39.5 Å². The zero-order valence-electron chi connectivity index (χ0n) is 19.4. The van der Waals surface area contributed by atoms with E-state index in [2.05, 4.69) is 14.1 Å². The third-order valence-corrected chi connectivity index (χ3v) is 5.18. The molecule has 0 aliphatic rings. The number of ketones is 1. The number of rotatable bonds is 13. The van der Waals surface area contributed by atoms with Gasteiger partial charge in [-0.05, 0) is 26.0 Å². The molecule has 170 valence electrons. The summed E-state index contributed by atoms with van der Waals surface area (Å²) in [6.45, 7) is 7.13. The standard InChI is InChI=1S/C25H35NO5/c1-6-30-24(31-7-2)9-8-16-26(3,4)18-19-10-12-20(13-11-19)25(28)22-15-14-21(29-5)17-23(22)27/h10-15,17,24H,6-9,16,18H2,1-5H3/p+1. The third-order valence-electron chi connectivity index (χ3n) is 5.18. The minimum Gasteiger partial charge on any atom is -0.507 e. The Hall–Kier alpha value is -2.41. The number of quaternary nitrogens is 1. The van der Waals surface area contributed by atoms with E-state index in [0.717, 1.165) is 36.0 Å². The fraction of sp³-hybridized carbons (Fsp3) is 0.480. The Labute approximate surface area is 185 Å². The molecule has 0 saturated heterocycles. The van der Waals surface area contributed by atoms with E-state index in [-0.39, 0.29) is 23.4 Å². The SMILES string of the molecule is CCOC(CCC[N+](C)(C)Cc1ccc(C(=O)c2ccc(OC)cc2O)cc1)OCC. The normalized spacial score (nSPS) is 11.7. The molecule has 0 aliphatic carbocycles. The first kappa shape index (κ1) is 24.9. The monoisotopic (exact) mass is 430 g/mol. The van der Waals surface area contributed by atoms with Gasteiger partial charge in [-0.2, -0.15) is 0 Å². The summed E-state index contributed by atoms with van der Waals surface area (Å²) in [5, 5.41) is 10.1. The van der Waals surface area contributed by atoms with Crippen LogP contribution in [0.25, 0.3) is 0 Å². The number of nitrogens with zero attached hydrogens (tertiary/aromatic N) is 1. The van der Waals surface area contributed by atoms with Gasteiger partial charge in [-0.1, -0.05) is 24.3 Å². The Balaban J connectivity index is 1.95. The second-order valence-electron chi connectivity index (χ2n) is 8.21. The molecule has 0 spiro atoms. The highest BCUT2D eigenvalue weighted by atomic mass is 16.7. The minimum atomic E-state index is -0.210. The number of carbonyl (C=O) groups excluding carboxylic acids is 1. The highest BCUT2D eigenvalue weighted by Crippen LogP contribution is 2.26. The molecule has 0 radical (unpaired) electrons. The van der Waals surface area contributed by atoms with Gasteiger partial charge in [-0.15, -0.1) is 0 Å². The maximum absolute atomic E-state index is 12.7. The molecule has 0 atom stereocenters. The van der Waals surface area contributed by atoms with Crippen molar-refractivity contribution in [3.63, 3.8) is 0 Å². The van der Waals surface area contributed by atoms with E-state index < -0.39 is 0 Å². The Morgan fingerprint density at radius 3 is 2.23 bits per heavy atom. The molecule has 2 aromatic carbocycles. The summed E-state index contributed by atoms with van der Waals surface area (Å²) < 4.78 is 17.2. The fourth-order valence-corrected chi connectivity index (χ4v) is 3.59. The molecule has 6 heteroatoms. The molecular formula is C25H36NO5+. The third kappa shape index (κ3) is 7.65. The summed E-state index contributed by atoms with van der Waals surface area (Å²) in [7, 11) is 5.92. The van der Waals surface area contributed by atoms with E-state index in [1.807, 2.05) is 38.1 Å². The summed E-state index contributed by atoms with van der Waals surface area (Å²) in [6, 6.07) is 12.3. The summed E-state index contributed by atoms with van der Waals surface area (Å²) in [4.78, 5) is 12.7. The molecule has 31 heavy (non-hydrogen) atoms. The van der Waals surface area contributed by atoms with Crippen molar-refractivity contribution < 1.29 is 28.6 Å². The van der Waals surface area contributed by atoms with Crippen molar-refractivity contribution in [2.75, 3.05) is 41.0 Å². The van der Waals surface area contributed by atoms with Gasteiger partial charge < -0.3 is 23.8 Å². The number of benzene rings is 2. The number of phenolic OH excluding ortho intramolecular Hbond substituents is 1. The Morgan fingerprint density at radius 2 is 1.68 bits per heavy atom. The van der Waals surface area contributed by atoms with Gasteiger partial charge in [-0.25, -0.2) is 0 Å². The van der Waals surface area contributed by atoms with Crippen LogP contribution >= 0.6 is 0 Å². The quantitative estimate of drug-likeness (QED) is 0.290. The molecule has 0 fully saturated rings. The average molecular weight is 431 g/mol. The zero-order chi connectivity index (χ0) is 22.9. The van der Waals surface area contributed by atoms with E-state index in [4.69, 9.17) is 14.2 Å². The fourth-order valence-electron chi connectivity index (χ4n) is 3.59. The van der Waals surface area contributed by atoms with Crippen molar-refractivity contribution >= 4 is 5.78 Å². The highest BCUT2D eigenvalue weighted by molar-refractivity contribution is 6.10. The van der Waals surface area contributed by atoms with Gasteiger partial charge >= 0.3 is 0 Å². The smallest absolute Gasteiger partial charge is 0.196 e. The van der Waals surface area contributed by atoms with E-state index in [0.29, 0.717) is 24.5 Å². The maximum atomic E-state index is 12.7. The lowest BCUT2D eigenvalue weighted by Gasteiger charge is -2.30. The van der Waals surface area contributed by atoms with Crippen molar-refractivity contribution in [3.05, 3.63) is 59.2 Å². The summed E-state index contributed by atoms with van der Waals surface area (Å²) in [5.41, 5.74) is 1.97. The number of ether oxygens (including phenoxy) is 3. The Kier molecular flexibility index (Phi) is 9.49. The summed E-state index contributed by atoms with van der Waals surface area (Å²) >= 11 is 0. The van der Waals surface area contributed by atoms with Crippen molar-refractivity contribution in [2.24, 2.45) is 0 Å². The number of aromatic hydroxyl groups is 1. The van der Waals surface area contributed by atoms with Crippen molar-refractivity contribution in [1.82, 2.24) is 0 Å². The topological polar surface area (TPSA) is 65.0 Å². The molecule has 0 heterocycles. The minimum absolute atomic E-state index is 0.0800. The summed E-state index contributed by atoms with van der Waals surface area (Å²) in [5.74, 6) is 0.222. The van der Waals surface area contributed by atoms with Crippen LogP contribution in [0.1, 0.15) is 48.2 Å². The zero-order valence-corrected chi connectivity index (χ0v) is 19.4. The van der Waals surface area contributed by atoms with Crippen LogP contribution in [-0.2, 0) is 16.0 Å². The number of hydrogen-bond acceptors (Lipinski definition) is 5. The summed E-state index contributed by atoms with van der Waals surface area (Å²) in [6.07, 6.45) is 1.75. The second kappa shape index (κ2) is 11.8. The Bertz CT molecular complexity index is 826. The first-order chi connectivity index (χ1) is 14.8. The van der Waals surface area contributed by atoms with Crippen LogP contribution in [0.4, 0.5) is 0 Å². The number of methoxy groups -OCH3 is 1. The number of hydrogen-bond donors (Lipinski definition) is 1. The largest absolute Gasteiger partial charge is 0.507 e. The number of carbonyl (C=O) groups is 1. The molecule has 0 unspecified atom stereocenters. The predicted molar refractivity (Wildman–Crippen MR) is 121 cm³/mol. The van der Waals surface area contributed by atoms with Crippen LogP contribution in [0, 0.1) is 0 Å². The molecule has 0 aliphatic heterocycles. The molecule has 2 aromatic rings. The van der Waals surface area contributed by atoms with Crippen LogP contribution in [0.3, 0.4) is 0 Å². The molecular weight excluding hydrogens is 394 g/mol. The van der Waals surface area contributed by atoms with Crippen LogP contribution in [-0.4, -0.2) is 62.6 Å². The van der Waals surface area contributed by atoms with Gasteiger partial charge in [0.25, 0.3) is 0 Å². The van der Waals surface area contributed by atoms with Crippen LogP contribution in [0.2, 0.25) is 0 Å². The lowest BCUT2D eigenvalue weighted by molar-refractivity contribution is -0.903. The van der Waals surface area contributed by atoms with E-state index in [1.54, 1.807) is 12.1 Å². The molecule has 6 nitrogen and oxygen atoms in total. The predicted octanol–water partition coefficient (Wildman–Crippen LogP) is 4.39. The molecule has 0 bridgehead atoms. The van der Waals surface area contributed by atoms with Gasteiger partial charge in [0, 0.05) is 43.2 Å². The van der Waals surface area contributed by atoms with Gasteiger partial charge in [0.05, 0.1) is 33.3 Å². The van der Waals surface area contributed by atoms with Crippen LogP contribution in [0.15, 0.2) is 42.5 Å². The van der Waals surface area contributed by atoms with Gasteiger partial charge in [0.2, 0.25) is 0 Å². The Morgan fingerprint density at radius 1 is 1.03 bits per heavy atom. The maximum Gasteiger partial charge on any atom is 0.196 e. The van der Waals surface area contributed by atoms with E-state index in [9.17, 15) is 9.90 Å². The first-order valence-corrected chi connectivity index (χ1v) is 10.9. The molecule has 0 saturated carbocycles. The molecule has 2 rings (SSSR count). The highest BCUT2D eigenvalue weighted by Gasteiger charge is 2.19.